The molecule has 2 aliphatic heterocycles. The quantitative estimate of drug-likeness (QED) is 0.774. The van der Waals surface area contributed by atoms with Crippen molar-refractivity contribution in [3.63, 3.8) is 0 Å². The average Bonchev–Trinajstić information content (AvgIpc) is 3.30. The summed E-state index contributed by atoms with van der Waals surface area (Å²) in [6.07, 6.45) is 7.46. The van der Waals surface area contributed by atoms with Gasteiger partial charge in [0.15, 0.2) is 5.13 Å². The molecule has 0 atom stereocenters. The second-order valence-electron chi connectivity index (χ2n) is 9.17. The topological polar surface area (TPSA) is 69.2 Å². The maximum absolute atomic E-state index is 8.44. The van der Waals surface area contributed by atoms with Crippen LogP contribution in [0.2, 0.25) is 0 Å². The van der Waals surface area contributed by atoms with Gasteiger partial charge in [0.1, 0.15) is 0 Å². The first-order chi connectivity index (χ1) is 14.5. The van der Waals surface area contributed by atoms with Crippen molar-refractivity contribution in [3.05, 3.63) is 58.7 Å². The fraction of sp³-hybridized carbons (Fsp3) is 0.500. The first-order valence-electron chi connectivity index (χ1n) is 11.1. The SMILES string of the molecule is C=C(C1CCN(Cc2cnc(N)s2)CC1)N1CCC2(CC1)CC(=N)c1ccccc12. The number of thiazole rings is 1. The third kappa shape index (κ3) is 3.56. The molecule has 0 bridgehead atoms. The zero-order valence-electron chi connectivity index (χ0n) is 17.6. The zero-order valence-corrected chi connectivity index (χ0v) is 18.4. The van der Waals surface area contributed by atoms with Crippen molar-refractivity contribution in [3.8, 4) is 0 Å². The summed E-state index contributed by atoms with van der Waals surface area (Å²) in [5.74, 6) is 0.594. The van der Waals surface area contributed by atoms with Crippen molar-refractivity contribution in [2.24, 2.45) is 5.92 Å². The van der Waals surface area contributed by atoms with Crippen LogP contribution < -0.4 is 5.73 Å². The molecule has 1 aromatic carbocycles. The Balaban J connectivity index is 1.16. The van der Waals surface area contributed by atoms with Crippen LogP contribution in [0, 0.1) is 11.3 Å². The third-order valence-electron chi connectivity index (χ3n) is 7.48. The molecular formula is C24H31N5S. The number of piperidine rings is 2. The molecule has 3 aliphatic rings. The van der Waals surface area contributed by atoms with Crippen molar-refractivity contribution in [1.82, 2.24) is 14.8 Å². The van der Waals surface area contributed by atoms with Crippen LogP contribution in [0.25, 0.3) is 0 Å². The highest BCUT2D eigenvalue weighted by atomic mass is 32.1. The standard InChI is InChI=1S/C24H31N5S/c1-17(18-6-10-28(11-7-18)16-19-15-27-23(26)30-19)29-12-8-24(9-13-29)14-22(25)20-4-2-3-5-21(20)24/h2-5,15,18,25H,1,6-14,16H2,(H2,26,27). The Kier molecular flexibility index (Phi) is 5.15. The van der Waals surface area contributed by atoms with Crippen LogP contribution >= 0.6 is 11.3 Å². The van der Waals surface area contributed by atoms with Crippen LogP contribution in [-0.4, -0.2) is 46.7 Å². The van der Waals surface area contributed by atoms with Gasteiger partial charge in [-0.2, -0.15) is 0 Å². The number of fused-ring (bicyclic) bond motifs is 2. The van der Waals surface area contributed by atoms with Crippen molar-refractivity contribution in [2.45, 2.75) is 44.1 Å². The van der Waals surface area contributed by atoms with E-state index in [0.717, 1.165) is 57.7 Å². The molecular weight excluding hydrogens is 390 g/mol. The van der Waals surface area contributed by atoms with E-state index in [1.165, 1.54) is 34.5 Å². The first kappa shape index (κ1) is 19.8. The molecule has 0 amide bonds. The van der Waals surface area contributed by atoms with Gasteiger partial charge in [0.25, 0.3) is 0 Å². The number of nitrogen functional groups attached to an aromatic ring is 1. The highest BCUT2D eigenvalue weighted by molar-refractivity contribution is 7.15. The summed E-state index contributed by atoms with van der Waals surface area (Å²) in [5, 5.41) is 9.11. The van der Waals surface area contributed by atoms with E-state index < -0.39 is 0 Å². The van der Waals surface area contributed by atoms with E-state index in [4.69, 9.17) is 11.1 Å². The van der Waals surface area contributed by atoms with E-state index in [9.17, 15) is 0 Å². The second-order valence-corrected chi connectivity index (χ2v) is 10.3. The van der Waals surface area contributed by atoms with Crippen LogP contribution in [-0.2, 0) is 12.0 Å². The Morgan fingerprint density at radius 2 is 1.93 bits per heavy atom. The summed E-state index contributed by atoms with van der Waals surface area (Å²) in [6.45, 7) is 9.86. The number of allylic oxidation sites excluding steroid dienone is 1. The van der Waals surface area contributed by atoms with Gasteiger partial charge in [-0.15, -0.1) is 11.3 Å². The van der Waals surface area contributed by atoms with Gasteiger partial charge in [-0.3, -0.25) is 4.90 Å². The number of hydrogen-bond donors (Lipinski definition) is 2. The molecule has 2 saturated heterocycles. The van der Waals surface area contributed by atoms with Crippen LogP contribution in [0.1, 0.15) is 48.1 Å². The highest BCUT2D eigenvalue weighted by Crippen LogP contribution is 2.47. The van der Waals surface area contributed by atoms with E-state index >= 15 is 0 Å². The second kappa shape index (κ2) is 7.82. The molecule has 30 heavy (non-hydrogen) atoms. The maximum atomic E-state index is 8.44. The van der Waals surface area contributed by atoms with Crippen LogP contribution in [0.15, 0.2) is 42.7 Å². The van der Waals surface area contributed by atoms with E-state index in [1.54, 1.807) is 11.3 Å². The summed E-state index contributed by atoms with van der Waals surface area (Å²) in [5.41, 5.74) is 10.7. The zero-order chi connectivity index (χ0) is 20.7. The predicted molar refractivity (Wildman–Crippen MR) is 124 cm³/mol. The van der Waals surface area contributed by atoms with Gasteiger partial charge < -0.3 is 16.0 Å². The molecule has 0 unspecified atom stereocenters. The summed E-state index contributed by atoms with van der Waals surface area (Å²) in [4.78, 5) is 10.5. The van der Waals surface area contributed by atoms with E-state index in [1.807, 2.05) is 6.20 Å². The lowest BCUT2D eigenvalue weighted by atomic mass is 9.73. The molecule has 1 aromatic heterocycles. The third-order valence-corrected chi connectivity index (χ3v) is 8.29. The van der Waals surface area contributed by atoms with Gasteiger partial charge in [0.2, 0.25) is 0 Å². The van der Waals surface area contributed by atoms with Crippen LogP contribution in [0.5, 0.6) is 0 Å². The van der Waals surface area contributed by atoms with Crippen molar-refractivity contribution in [2.75, 3.05) is 31.9 Å². The Labute approximate surface area is 183 Å². The minimum Gasteiger partial charge on any atom is -0.375 e. The average molecular weight is 422 g/mol. The fourth-order valence-corrected chi connectivity index (χ4v) is 6.43. The summed E-state index contributed by atoms with van der Waals surface area (Å²) in [6, 6.07) is 8.60. The molecule has 2 aromatic rings. The van der Waals surface area contributed by atoms with Gasteiger partial charge in [0.05, 0.1) is 0 Å². The Morgan fingerprint density at radius 1 is 1.20 bits per heavy atom. The molecule has 0 saturated carbocycles. The number of hydrogen-bond acceptors (Lipinski definition) is 6. The number of nitrogens with zero attached hydrogens (tertiary/aromatic N) is 3. The number of nitrogens with one attached hydrogen (secondary N) is 1. The van der Waals surface area contributed by atoms with Gasteiger partial charge in [0, 0.05) is 53.4 Å². The molecule has 2 fully saturated rings. The van der Waals surface area contributed by atoms with Gasteiger partial charge in [-0.25, -0.2) is 4.98 Å². The van der Waals surface area contributed by atoms with Crippen LogP contribution in [0.3, 0.4) is 0 Å². The predicted octanol–water partition coefficient (Wildman–Crippen LogP) is 4.26. The van der Waals surface area contributed by atoms with E-state index in [0.29, 0.717) is 11.0 Å². The van der Waals surface area contributed by atoms with Crippen LogP contribution in [0.4, 0.5) is 5.13 Å². The number of benzene rings is 1. The Bertz CT molecular complexity index is 948. The molecule has 5 nitrogen and oxygen atoms in total. The Morgan fingerprint density at radius 3 is 2.63 bits per heavy atom. The van der Waals surface area contributed by atoms with Crippen molar-refractivity contribution < 1.29 is 0 Å². The number of likely N-dealkylation sites (tertiary alicyclic amines) is 2. The minimum absolute atomic E-state index is 0.185. The van der Waals surface area contributed by atoms with Crippen molar-refractivity contribution >= 4 is 22.2 Å². The normalized spacial score (nSPS) is 21.9. The number of aromatic nitrogens is 1. The summed E-state index contributed by atoms with van der Waals surface area (Å²) >= 11 is 1.60. The monoisotopic (exact) mass is 421 g/mol. The van der Waals surface area contributed by atoms with Gasteiger partial charge in [-0.1, -0.05) is 30.8 Å². The lowest BCUT2D eigenvalue weighted by molar-refractivity contribution is 0.146. The molecule has 3 heterocycles. The first-order valence-corrected chi connectivity index (χ1v) is 11.9. The molecule has 5 rings (SSSR count). The van der Waals surface area contributed by atoms with Crippen molar-refractivity contribution in [1.29, 1.82) is 5.41 Å². The molecule has 0 radical (unpaired) electrons. The number of nitrogens with two attached hydrogens (primary N) is 1. The van der Waals surface area contributed by atoms with Gasteiger partial charge >= 0.3 is 0 Å². The lowest BCUT2D eigenvalue weighted by Crippen LogP contribution is -2.43. The highest BCUT2D eigenvalue weighted by Gasteiger charge is 2.43. The molecule has 158 valence electrons. The summed E-state index contributed by atoms with van der Waals surface area (Å²) in [7, 11) is 0. The largest absolute Gasteiger partial charge is 0.375 e. The number of rotatable bonds is 4. The molecule has 1 aliphatic carbocycles. The minimum atomic E-state index is 0.185. The Hall–Kier alpha value is -2.18. The maximum Gasteiger partial charge on any atom is 0.180 e. The molecule has 6 heteroatoms. The van der Waals surface area contributed by atoms with Gasteiger partial charge in [-0.05, 0) is 56.3 Å². The molecule has 3 N–H and O–H groups in total. The smallest absolute Gasteiger partial charge is 0.180 e. The molecule has 1 spiro atoms. The number of anilines is 1. The van der Waals surface area contributed by atoms with E-state index in [2.05, 4.69) is 45.6 Å². The van der Waals surface area contributed by atoms with E-state index in [-0.39, 0.29) is 5.41 Å². The lowest BCUT2D eigenvalue weighted by Gasteiger charge is -2.44. The fourth-order valence-electron chi connectivity index (χ4n) is 5.70. The summed E-state index contributed by atoms with van der Waals surface area (Å²) < 4.78 is 0.